The highest BCUT2D eigenvalue weighted by Crippen LogP contribution is 2.28. The topological polar surface area (TPSA) is 51.0 Å². The van der Waals surface area contributed by atoms with E-state index in [1.54, 1.807) is 0 Å². The van der Waals surface area contributed by atoms with Crippen LogP contribution in [0, 0.1) is 5.92 Å². The van der Waals surface area contributed by atoms with Crippen molar-refractivity contribution >= 4 is 0 Å². The summed E-state index contributed by atoms with van der Waals surface area (Å²) < 4.78 is 5.66. The van der Waals surface area contributed by atoms with Crippen molar-refractivity contribution in [1.29, 1.82) is 0 Å². The van der Waals surface area contributed by atoms with E-state index in [1.807, 2.05) is 0 Å². The third kappa shape index (κ3) is 4.41. The Balaban J connectivity index is 1.68. The minimum Gasteiger partial charge on any atom is -0.425 e. The van der Waals surface area contributed by atoms with Gasteiger partial charge in [-0.25, -0.2) is 0 Å². The van der Waals surface area contributed by atoms with E-state index in [4.69, 9.17) is 4.42 Å². The van der Waals surface area contributed by atoms with Crippen molar-refractivity contribution in [3.63, 3.8) is 0 Å². The van der Waals surface area contributed by atoms with Gasteiger partial charge in [0.2, 0.25) is 11.8 Å². The van der Waals surface area contributed by atoms with Gasteiger partial charge in [0.15, 0.2) is 0 Å². The average Bonchev–Trinajstić information content (AvgIpc) is 2.96. The fourth-order valence-electron chi connectivity index (χ4n) is 2.58. The molecule has 18 heavy (non-hydrogen) atoms. The van der Waals surface area contributed by atoms with Gasteiger partial charge in [-0.2, -0.15) is 0 Å². The Hall–Kier alpha value is -0.900. The predicted octanol–water partition coefficient (Wildman–Crippen LogP) is 2.73. The summed E-state index contributed by atoms with van der Waals surface area (Å²) in [6, 6.07) is 0.509. The lowest BCUT2D eigenvalue weighted by atomic mass is 10.0. The Labute approximate surface area is 110 Å². The molecule has 0 unspecified atom stereocenters. The monoisotopic (exact) mass is 251 g/mol. The van der Waals surface area contributed by atoms with Gasteiger partial charge < -0.3 is 9.73 Å². The van der Waals surface area contributed by atoms with Crippen molar-refractivity contribution < 1.29 is 4.42 Å². The maximum Gasteiger partial charge on any atom is 0.217 e. The molecule has 1 fully saturated rings. The molecule has 0 aliphatic heterocycles. The summed E-state index contributed by atoms with van der Waals surface area (Å²) in [5.41, 5.74) is 0. The van der Waals surface area contributed by atoms with Crippen molar-refractivity contribution in [2.45, 2.75) is 64.8 Å². The maximum atomic E-state index is 5.66. The molecule has 2 rings (SSSR count). The lowest BCUT2D eigenvalue weighted by Crippen LogP contribution is -2.25. The molecule has 1 aromatic rings. The number of nitrogens with zero attached hydrogens (tertiary/aromatic N) is 2. The van der Waals surface area contributed by atoms with Crippen LogP contribution >= 0.6 is 0 Å². The first-order valence-electron chi connectivity index (χ1n) is 7.28. The van der Waals surface area contributed by atoms with Gasteiger partial charge in [-0.3, -0.25) is 0 Å². The Morgan fingerprint density at radius 1 is 1.17 bits per heavy atom. The van der Waals surface area contributed by atoms with Crippen molar-refractivity contribution in [3.8, 4) is 0 Å². The molecule has 102 valence electrons. The molecule has 1 heterocycles. The average molecular weight is 251 g/mol. The number of aromatic nitrogens is 2. The first kappa shape index (κ1) is 13.5. The third-order valence-corrected chi connectivity index (χ3v) is 3.64. The van der Waals surface area contributed by atoms with Crippen molar-refractivity contribution in [2.75, 3.05) is 6.54 Å². The number of nitrogens with one attached hydrogen (secondary N) is 1. The largest absolute Gasteiger partial charge is 0.425 e. The summed E-state index contributed by atoms with van der Waals surface area (Å²) in [6.07, 6.45) is 8.58. The number of rotatable bonds is 7. The van der Waals surface area contributed by atoms with Crippen molar-refractivity contribution in [3.05, 3.63) is 11.8 Å². The van der Waals surface area contributed by atoms with Gasteiger partial charge in [0.1, 0.15) is 0 Å². The van der Waals surface area contributed by atoms with Crippen molar-refractivity contribution in [1.82, 2.24) is 15.5 Å². The maximum absolute atomic E-state index is 5.66. The van der Waals surface area contributed by atoms with E-state index in [9.17, 15) is 0 Å². The molecule has 0 atom stereocenters. The molecule has 1 aliphatic rings. The van der Waals surface area contributed by atoms with Gasteiger partial charge in [0, 0.05) is 25.4 Å². The zero-order valence-electron chi connectivity index (χ0n) is 11.6. The molecule has 1 aliphatic carbocycles. The second-order valence-corrected chi connectivity index (χ2v) is 5.64. The van der Waals surface area contributed by atoms with E-state index in [-0.39, 0.29) is 0 Å². The first-order valence-corrected chi connectivity index (χ1v) is 7.28. The van der Waals surface area contributed by atoms with Gasteiger partial charge >= 0.3 is 0 Å². The second kappa shape index (κ2) is 6.88. The normalized spacial score (nSPS) is 16.8. The Bertz CT molecular complexity index is 343. The van der Waals surface area contributed by atoms with Gasteiger partial charge in [-0.15, -0.1) is 10.2 Å². The molecular weight excluding hydrogens is 226 g/mol. The van der Waals surface area contributed by atoms with E-state index in [1.165, 1.54) is 32.1 Å². The fourth-order valence-corrected chi connectivity index (χ4v) is 2.58. The minimum atomic E-state index is 0.509. The molecular formula is C14H25N3O. The third-order valence-electron chi connectivity index (χ3n) is 3.64. The summed E-state index contributed by atoms with van der Waals surface area (Å²) in [4.78, 5) is 0. The minimum absolute atomic E-state index is 0.509. The van der Waals surface area contributed by atoms with Gasteiger partial charge in [-0.1, -0.05) is 39.5 Å². The number of hydrogen-bond donors (Lipinski definition) is 1. The molecule has 4 nitrogen and oxygen atoms in total. The Kier molecular flexibility index (Phi) is 5.17. The van der Waals surface area contributed by atoms with Crippen LogP contribution in [-0.4, -0.2) is 22.8 Å². The summed E-state index contributed by atoms with van der Waals surface area (Å²) in [7, 11) is 0. The lowest BCUT2D eigenvalue weighted by molar-refractivity contribution is 0.411. The number of hydrogen-bond acceptors (Lipinski definition) is 4. The van der Waals surface area contributed by atoms with Crippen LogP contribution in [0.25, 0.3) is 0 Å². The lowest BCUT2D eigenvalue weighted by Gasteiger charge is -2.05. The molecule has 4 heteroatoms. The van der Waals surface area contributed by atoms with Crippen LogP contribution in [-0.2, 0) is 12.8 Å². The second-order valence-electron chi connectivity index (χ2n) is 5.64. The summed E-state index contributed by atoms with van der Waals surface area (Å²) >= 11 is 0. The molecule has 0 aromatic carbocycles. The van der Waals surface area contributed by atoms with Crippen molar-refractivity contribution in [2.24, 2.45) is 5.92 Å². The zero-order chi connectivity index (χ0) is 12.8. The van der Waals surface area contributed by atoms with E-state index in [2.05, 4.69) is 29.4 Å². The van der Waals surface area contributed by atoms with Crippen LogP contribution in [0.1, 0.15) is 57.7 Å². The van der Waals surface area contributed by atoms with Crippen LogP contribution in [0.3, 0.4) is 0 Å². The standard InChI is InChI=1S/C14H25N3O/c1-11(2)15-10-9-14-17-16-13(18-14)8-7-12-5-3-4-6-12/h11-12,15H,3-10H2,1-2H3. The molecule has 0 bridgehead atoms. The molecule has 1 saturated carbocycles. The molecule has 1 aromatic heterocycles. The van der Waals surface area contributed by atoms with E-state index in [0.29, 0.717) is 6.04 Å². The molecule has 0 saturated heterocycles. The zero-order valence-corrected chi connectivity index (χ0v) is 11.6. The van der Waals surface area contributed by atoms with Gasteiger partial charge in [0.25, 0.3) is 0 Å². The van der Waals surface area contributed by atoms with Gasteiger partial charge in [0.05, 0.1) is 0 Å². The highest BCUT2D eigenvalue weighted by atomic mass is 16.4. The SMILES string of the molecule is CC(C)NCCc1nnc(CCC2CCCC2)o1. The van der Waals surface area contributed by atoms with Gasteiger partial charge in [-0.05, 0) is 12.3 Å². The summed E-state index contributed by atoms with van der Waals surface area (Å²) in [6.45, 7) is 5.18. The Morgan fingerprint density at radius 3 is 2.50 bits per heavy atom. The quantitative estimate of drug-likeness (QED) is 0.809. The van der Waals surface area contributed by atoms with E-state index >= 15 is 0 Å². The van der Waals surface area contributed by atoms with E-state index in [0.717, 1.165) is 37.1 Å². The van der Waals surface area contributed by atoms with Crippen LogP contribution in [0.4, 0.5) is 0 Å². The fraction of sp³-hybridized carbons (Fsp3) is 0.857. The molecule has 0 amide bonds. The molecule has 0 spiro atoms. The van der Waals surface area contributed by atoms with Crippen LogP contribution < -0.4 is 5.32 Å². The van der Waals surface area contributed by atoms with Crippen LogP contribution in [0.5, 0.6) is 0 Å². The summed E-state index contributed by atoms with van der Waals surface area (Å²) in [5, 5.41) is 11.6. The Morgan fingerprint density at radius 2 is 1.83 bits per heavy atom. The van der Waals surface area contributed by atoms with E-state index < -0.39 is 0 Å². The smallest absolute Gasteiger partial charge is 0.217 e. The number of aryl methyl sites for hydroxylation is 1. The molecule has 0 radical (unpaired) electrons. The predicted molar refractivity (Wildman–Crippen MR) is 71.4 cm³/mol. The van der Waals surface area contributed by atoms with Crippen LogP contribution in [0.2, 0.25) is 0 Å². The molecule has 1 N–H and O–H groups in total. The summed E-state index contributed by atoms with van der Waals surface area (Å²) in [5.74, 6) is 2.48. The first-order chi connectivity index (χ1) is 8.74. The highest BCUT2D eigenvalue weighted by molar-refractivity contribution is 4.84. The highest BCUT2D eigenvalue weighted by Gasteiger charge is 2.16. The van der Waals surface area contributed by atoms with Crippen LogP contribution in [0.15, 0.2) is 4.42 Å².